The van der Waals surface area contributed by atoms with Crippen LogP contribution in [0.4, 0.5) is 5.82 Å². The molecule has 0 radical (unpaired) electrons. The first-order valence-electron chi connectivity index (χ1n) is 9.46. The fourth-order valence-corrected chi connectivity index (χ4v) is 5.79. The van der Waals surface area contributed by atoms with Crippen molar-refractivity contribution < 1.29 is 17.9 Å². The van der Waals surface area contributed by atoms with Crippen molar-refractivity contribution in [2.75, 3.05) is 44.3 Å². The van der Waals surface area contributed by atoms with Crippen molar-refractivity contribution in [1.29, 1.82) is 0 Å². The third kappa shape index (κ3) is 3.41. The van der Waals surface area contributed by atoms with Crippen LogP contribution in [0.25, 0.3) is 10.2 Å². The molecule has 0 spiro atoms. The van der Waals surface area contributed by atoms with E-state index in [9.17, 15) is 8.42 Å². The lowest BCUT2D eigenvalue weighted by Crippen LogP contribution is -2.49. The van der Waals surface area contributed by atoms with E-state index in [0.717, 1.165) is 22.5 Å². The van der Waals surface area contributed by atoms with Gasteiger partial charge in [-0.1, -0.05) is 0 Å². The zero-order valence-electron chi connectivity index (χ0n) is 15.7. The number of fused-ring (bicyclic) bond motifs is 2. The number of sulfonamides is 1. The highest BCUT2D eigenvalue weighted by atomic mass is 32.2. The summed E-state index contributed by atoms with van der Waals surface area (Å²) < 4.78 is 39.1. The number of hydrogen-bond donors (Lipinski definition) is 0. The van der Waals surface area contributed by atoms with Gasteiger partial charge in [-0.15, -0.1) is 11.3 Å². The number of piperazine rings is 1. The molecular weight excluding hydrogens is 412 g/mol. The molecule has 10 heteroatoms. The van der Waals surface area contributed by atoms with E-state index in [2.05, 4.69) is 14.9 Å². The Morgan fingerprint density at radius 2 is 1.76 bits per heavy atom. The smallest absolute Gasteiger partial charge is 0.243 e. The number of nitrogens with zero attached hydrogens (tertiary/aromatic N) is 4. The van der Waals surface area contributed by atoms with Crippen molar-refractivity contribution in [1.82, 2.24) is 14.3 Å². The molecule has 0 bridgehead atoms. The Labute approximate surface area is 172 Å². The molecule has 2 aliphatic heterocycles. The lowest BCUT2D eigenvalue weighted by molar-refractivity contribution is 0.296. The molecule has 4 heterocycles. The largest absolute Gasteiger partial charge is 0.490 e. The predicted octanol–water partition coefficient (Wildman–Crippen LogP) is 2.36. The second-order valence-corrected chi connectivity index (χ2v) is 9.72. The minimum atomic E-state index is -3.60. The molecule has 152 valence electrons. The molecule has 3 aromatic rings. The van der Waals surface area contributed by atoms with Crippen molar-refractivity contribution in [3.05, 3.63) is 36.0 Å². The topological polar surface area (TPSA) is 84.9 Å². The van der Waals surface area contributed by atoms with E-state index in [1.807, 2.05) is 11.4 Å². The predicted molar refractivity (Wildman–Crippen MR) is 110 cm³/mol. The third-order valence-corrected chi connectivity index (χ3v) is 7.85. The lowest BCUT2D eigenvalue weighted by atomic mass is 10.3. The zero-order valence-corrected chi connectivity index (χ0v) is 17.3. The van der Waals surface area contributed by atoms with E-state index in [1.54, 1.807) is 35.9 Å². The SMILES string of the molecule is O=S(=O)(c1ccc2c(c1)OCCCO2)N1CCN(c2ncnc3sccc23)CC1. The molecule has 1 fully saturated rings. The fourth-order valence-electron chi connectivity index (χ4n) is 3.62. The van der Waals surface area contributed by atoms with E-state index >= 15 is 0 Å². The van der Waals surface area contributed by atoms with Gasteiger partial charge in [0.05, 0.1) is 23.5 Å². The number of rotatable bonds is 3. The molecule has 0 atom stereocenters. The zero-order chi connectivity index (χ0) is 19.8. The average Bonchev–Trinajstić information content (AvgIpc) is 3.11. The Bertz CT molecular complexity index is 1140. The first kappa shape index (κ1) is 18.6. The summed E-state index contributed by atoms with van der Waals surface area (Å²) in [7, 11) is -3.60. The van der Waals surface area contributed by atoms with Gasteiger partial charge in [0.15, 0.2) is 11.5 Å². The summed E-state index contributed by atoms with van der Waals surface area (Å²) in [6.07, 6.45) is 2.34. The number of aromatic nitrogens is 2. The van der Waals surface area contributed by atoms with E-state index in [1.165, 1.54) is 4.31 Å². The highest BCUT2D eigenvalue weighted by Gasteiger charge is 2.30. The van der Waals surface area contributed by atoms with Crippen LogP contribution >= 0.6 is 11.3 Å². The van der Waals surface area contributed by atoms with Crippen LogP contribution in [0.15, 0.2) is 40.9 Å². The van der Waals surface area contributed by atoms with Crippen LogP contribution in [-0.2, 0) is 10.0 Å². The van der Waals surface area contributed by atoms with Gasteiger partial charge in [0.2, 0.25) is 10.0 Å². The number of hydrogen-bond acceptors (Lipinski definition) is 8. The standard InChI is InChI=1S/C19H20N4O4S2/c24-29(25,14-2-3-16-17(12-14)27-10-1-9-26-16)23-7-5-22(6-8-23)18-15-4-11-28-19(15)21-13-20-18/h2-4,11-13H,1,5-10H2. The number of thiophene rings is 1. The maximum atomic E-state index is 13.2. The van der Waals surface area contributed by atoms with Crippen LogP contribution in [0.3, 0.4) is 0 Å². The van der Waals surface area contributed by atoms with E-state index < -0.39 is 10.0 Å². The van der Waals surface area contributed by atoms with Gasteiger partial charge >= 0.3 is 0 Å². The van der Waals surface area contributed by atoms with Gasteiger partial charge in [-0.2, -0.15) is 4.31 Å². The van der Waals surface area contributed by atoms with Crippen LogP contribution in [0, 0.1) is 0 Å². The molecule has 5 rings (SSSR count). The van der Waals surface area contributed by atoms with Gasteiger partial charge in [0.1, 0.15) is 17.0 Å². The minimum Gasteiger partial charge on any atom is -0.490 e. The summed E-state index contributed by atoms with van der Waals surface area (Å²) in [5, 5.41) is 3.00. The molecule has 1 aromatic carbocycles. The summed E-state index contributed by atoms with van der Waals surface area (Å²) in [6.45, 7) is 3.03. The van der Waals surface area contributed by atoms with Gasteiger partial charge < -0.3 is 14.4 Å². The van der Waals surface area contributed by atoms with E-state index in [4.69, 9.17) is 9.47 Å². The maximum absolute atomic E-state index is 13.2. The number of anilines is 1. The van der Waals surface area contributed by atoms with E-state index in [0.29, 0.717) is 50.9 Å². The van der Waals surface area contributed by atoms with Gasteiger partial charge in [-0.3, -0.25) is 0 Å². The maximum Gasteiger partial charge on any atom is 0.243 e. The van der Waals surface area contributed by atoms with Gasteiger partial charge in [-0.05, 0) is 23.6 Å². The van der Waals surface area contributed by atoms with Crippen LogP contribution in [0.5, 0.6) is 11.5 Å². The first-order chi connectivity index (χ1) is 14.1. The molecule has 0 saturated carbocycles. The molecule has 0 aliphatic carbocycles. The summed E-state index contributed by atoms with van der Waals surface area (Å²) in [5.41, 5.74) is 0. The van der Waals surface area contributed by atoms with Gasteiger partial charge in [0, 0.05) is 38.7 Å². The molecule has 8 nitrogen and oxygen atoms in total. The number of ether oxygens (including phenoxy) is 2. The minimum absolute atomic E-state index is 0.234. The molecule has 0 amide bonds. The first-order valence-corrected chi connectivity index (χ1v) is 11.8. The summed E-state index contributed by atoms with van der Waals surface area (Å²) in [6, 6.07) is 6.85. The van der Waals surface area contributed by atoms with Crippen molar-refractivity contribution in [3.63, 3.8) is 0 Å². The van der Waals surface area contributed by atoms with Gasteiger partial charge in [0.25, 0.3) is 0 Å². The van der Waals surface area contributed by atoms with Crippen LogP contribution in [0.1, 0.15) is 6.42 Å². The highest BCUT2D eigenvalue weighted by molar-refractivity contribution is 7.89. The highest BCUT2D eigenvalue weighted by Crippen LogP contribution is 2.33. The lowest BCUT2D eigenvalue weighted by Gasteiger charge is -2.34. The quantitative estimate of drug-likeness (QED) is 0.628. The van der Waals surface area contributed by atoms with Crippen molar-refractivity contribution in [3.8, 4) is 11.5 Å². The Balaban J connectivity index is 1.35. The second-order valence-electron chi connectivity index (χ2n) is 6.89. The Morgan fingerprint density at radius 3 is 2.59 bits per heavy atom. The summed E-state index contributed by atoms with van der Waals surface area (Å²) in [5.74, 6) is 1.95. The summed E-state index contributed by atoms with van der Waals surface area (Å²) >= 11 is 1.57. The molecule has 2 aromatic heterocycles. The normalized spacial score (nSPS) is 18.0. The third-order valence-electron chi connectivity index (χ3n) is 5.14. The van der Waals surface area contributed by atoms with Crippen molar-refractivity contribution in [2.24, 2.45) is 0 Å². The molecule has 29 heavy (non-hydrogen) atoms. The Hall–Kier alpha value is -2.43. The second kappa shape index (κ2) is 7.43. The molecule has 0 unspecified atom stereocenters. The van der Waals surface area contributed by atoms with Crippen LogP contribution in [0.2, 0.25) is 0 Å². The van der Waals surface area contributed by atoms with Crippen molar-refractivity contribution >= 4 is 37.4 Å². The van der Waals surface area contributed by atoms with Crippen molar-refractivity contribution in [2.45, 2.75) is 11.3 Å². The monoisotopic (exact) mass is 432 g/mol. The summed E-state index contributed by atoms with van der Waals surface area (Å²) in [4.78, 5) is 12.0. The Kier molecular flexibility index (Phi) is 4.76. The molecule has 1 saturated heterocycles. The van der Waals surface area contributed by atoms with Gasteiger partial charge in [-0.25, -0.2) is 18.4 Å². The molecule has 2 aliphatic rings. The average molecular weight is 433 g/mol. The Morgan fingerprint density at radius 1 is 0.966 bits per heavy atom. The van der Waals surface area contributed by atoms with Crippen LogP contribution in [-0.4, -0.2) is 62.1 Å². The number of benzene rings is 1. The van der Waals surface area contributed by atoms with Crippen LogP contribution < -0.4 is 14.4 Å². The molecule has 0 N–H and O–H groups in total. The fraction of sp³-hybridized carbons (Fsp3) is 0.368. The molecular formula is C19H20N4O4S2. The van der Waals surface area contributed by atoms with E-state index in [-0.39, 0.29) is 4.90 Å².